The van der Waals surface area contributed by atoms with Crippen LogP contribution in [-0.4, -0.2) is 22.2 Å². The minimum absolute atomic E-state index is 0.150. The summed E-state index contributed by atoms with van der Waals surface area (Å²) in [5.74, 6) is 0.247. The Balaban J connectivity index is 2.70. The third-order valence-electron chi connectivity index (χ3n) is 1.67. The smallest absolute Gasteiger partial charge is 0.366 e. The largest absolute Gasteiger partial charge is 0.391 e. The van der Waals surface area contributed by atoms with E-state index in [4.69, 9.17) is 11.6 Å². The second-order valence-electron chi connectivity index (χ2n) is 3.19. The zero-order valence-corrected chi connectivity index (χ0v) is 10.5. The molecule has 1 heterocycles. The van der Waals surface area contributed by atoms with Gasteiger partial charge in [-0.3, -0.25) is 0 Å². The average Bonchev–Trinajstić information content (AvgIpc) is 2.09. The molecule has 1 unspecified atom stereocenters. The predicted molar refractivity (Wildman–Crippen MR) is 58.5 cm³/mol. The number of anilines is 1. The van der Waals surface area contributed by atoms with E-state index < -0.39 is 18.6 Å². The molecule has 0 aliphatic carbocycles. The van der Waals surface area contributed by atoms with Gasteiger partial charge in [-0.1, -0.05) is 11.6 Å². The molecule has 1 rings (SSSR count). The van der Waals surface area contributed by atoms with Gasteiger partial charge in [-0.2, -0.15) is 13.2 Å². The Bertz CT molecular complexity index is 372. The summed E-state index contributed by atoms with van der Waals surface area (Å²) < 4.78 is 36.6. The molecule has 3 nitrogen and oxygen atoms in total. The van der Waals surface area contributed by atoms with Gasteiger partial charge in [0.05, 0.1) is 10.9 Å². The van der Waals surface area contributed by atoms with Gasteiger partial charge in [0.2, 0.25) is 0 Å². The topological polar surface area (TPSA) is 37.8 Å². The highest BCUT2D eigenvalue weighted by Gasteiger charge is 2.30. The van der Waals surface area contributed by atoms with Crippen LogP contribution in [0.1, 0.15) is 13.3 Å². The molecule has 0 amide bonds. The second-order valence-corrected chi connectivity index (χ2v) is 4.34. The first kappa shape index (κ1) is 13.5. The molecule has 1 aromatic heterocycles. The maximum absolute atomic E-state index is 12.1. The van der Waals surface area contributed by atoms with Crippen molar-refractivity contribution in [3.05, 3.63) is 16.0 Å². The van der Waals surface area contributed by atoms with E-state index in [1.54, 1.807) is 0 Å². The van der Waals surface area contributed by atoms with Crippen LogP contribution in [0.5, 0.6) is 0 Å². The van der Waals surface area contributed by atoms with Crippen molar-refractivity contribution in [2.45, 2.75) is 25.6 Å². The maximum Gasteiger partial charge on any atom is 0.391 e. The molecule has 0 radical (unpaired) electrons. The lowest BCUT2D eigenvalue weighted by molar-refractivity contribution is -0.136. The van der Waals surface area contributed by atoms with E-state index in [-0.39, 0.29) is 11.0 Å². The number of hydrogen-bond acceptors (Lipinski definition) is 3. The summed E-state index contributed by atoms with van der Waals surface area (Å²) in [6.07, 6.45) is -3.98. The summed E-state index contributed by atoms with van der Waals surface area (Å²) in [6.45, 7) is 1.41. The van der Waals surface area contributed by atoms with E-state index in [0.717, 1.165) is 0 Å². The van der Waals surface area contributed by atoms with Crippen LogP contribution in [0.2, 0.25) is 5.15 Å². The number of aromatic nitrogens is 2. The van der Waals surface area contributed by atoms with E-state index in [9.17, 15) is 13.2 Å². The van der Waals surface area contributed by atoms with Crippen molar-refractivity contribution in [3.63, 3.8) is 0 Å². The predicted octanol–water partition coefficient (Wildman–Crippen LogP) is 3.65. The van der Waals surface area contributed by atoms with Gasteiger partial charge in [-0.15, -0.1) is 0 Å². The van der Waals surface area contributed by atoms with Crippen molar-refractivity contribution in [2.75, 3.05) is 5.32 Å². The number of nitrogens with one attached hydrogen (secondary N) is 1. The fourth-order valence-electron chi connectivity index (χ4n) is 1.08. The maximum atomic E-state index is 12.1. The van der Waals surface area contributed by atoms with Crippen LogP contribution >= 0.6 is 27.5 Å². The van der Waals surface area contributed by atoms with Gasteiger partial charge >= 0.3 is 6.18 Å². The third kappa shape index (κ3) is 4.13. The monoisotopic (exact) mass is 317 g/mol. The molecule has 0 fully saturated rings. The molecule has 90 valence electrons. The first-order chi connectivity index (χ1) is 7.29. The summed E-state index contributed by atoms with van der Waals surface area (Å²) in [4.78, 5) is 7.45. The molecule has 16 heavy (non-hydrogen) atoms. The van der Waals surface area contributed by atoms with Gasteiger partial charge in [0.25, 0.3) is 0 Å². The molecule has 8 heteroatoms. The number of rotatable bonds is 3. The first-order valence-corrected chi connectivity index (χ1v) is 5.46. The SMILES string of the molecule is CC(CC(F)(F)F)Nc1ncnc(Cl)c1Br. The number of alkyl halides is 3. The van der Waals surface area contributed by atoms with Crippen molar-refractivity contribution in [2.24, 2.45) is 0 Å². The van der Waals surface area contributed by atoms with Crippen molar-refractivity contribution in [1.82, 2.24) is 9.97 Å². The lowest BCUT2D eigenvalue weighted by Gasteiger charge is -2.17. The van der Waals surface area contributed by atoms with Gasteiger partial charge in [0.1, 0.15) is 17.3 Å². The number of halogens is 5. The van der Waals surface area contributed by atoms with Crippen molar-refractivity contribution < 1.29 is 13.2 Å². The molecule has 0 aliphatic heterocycles. The zero-order chi connectivity index (χ0) is 12.3. The highest BCUT2D eigenvalue weighted by molar-refractivity contribution is 9.10. The Kier molecular flexibility index (Phi) is 4.37. The molecular formula is C8H8BrClF3N3. The summed E-state index contributed by atoms with van der Waals surface area (Å²) in [7, 11) is 0. The highest BCUT2D eigenvalue weighted by atomic mass is 79.9. The van der Waals surface area contributed by atoms with E-state index in [2.05, 4.69) is 31.2 Å². The summed E-state index contributed by atoms with van der Waals surface area (Å²) in [5.41, 5.74) is 0. The Hall–Kier alpha value is -0.560. The van der Waals surface area contributed by atoms with Crippen molar-refractivity contribution in [1.29, 1.82) is 0 Å². The molecule has 0 spiro atoms. The van der Waals surface area contributed by atoms with E-state index >= 15 is 0 Å². The Morgan fingerprint density at radius 1 is 1.50 bits per heavy atom. The van der Waals surface area contributed by atoms with Crippen LogP contribution < -0.4 is 5.32 Å². The van der Waals surface area contributed by atoms with Gasteiger partial charge < -0.3 is 5.32 Å². The Morgan fingerprint density at radius 2 is 2.12 bits per heavy atom. The molecule has 0 aromatic carbocycles. The van der Waals surface area contributed by atoms with Crippen LogP contribution in [-0.2, 0) is 0 Å². The Labute approximate surface area is 104 Å². The summed E-state index contributed by atoms with van der Waals surface area (Å²) >= 11 is 8.76. The van der Waals surface area contributed by atoms with Crippen LogP contribution in [0, 0.1) is 0 Å². The highest BCUT2D eigenvalue weighted by Crippen LogP contribution is 2.28. The number of hydrogen-bond donors (Lipinski definition) is 1. The van der Waals surface area contributed by atoms with Gasteiger partial charge in [0.15, 0.2) is 0 Å². The second kappa shape index (κ2) is 5.18. The Morgan fingerprint density at radius 3 is 2.69 bits per heavy atom. The van der Waals surface area contributed by atoms with Gasteiger partial charge in [-0.05, 0) is 22.9 Å². The molecule has 1 atom stereocenters. The molecule has 1 aromatic rings. The quantitative estimate of drug-likeness (QED) is 0.865. The van der Waals surface area contributed by atoms with Gasteiger partial charge in [-0.25, -0.2) is 9.97 Å². The standard InChI is InChI=1S/C8H8BrClF3N3/c1-4(2-8(11,12)13)16-7-5(9)6(10)14-3-15-7/h3-4H,2H2,1H3,(H,14,15,16). The van der Waals surface area contributed by atoms with Crippen LogP contribution in [0.3, 0.4) is 0 Å². The average molecular weight is 319 g/mol. The molecule has 1 N–H and O–H groups in total. The molecular weight excluding hydrogens is 310 g/mol. The van der Waals surface area contributed by atoms with E-state index in [1.807, 2.05) is 0 Å². The van der Waals surface area contributed by atoms with E-state index in [1.165, 1.54) is 13.3 Å². The molecule has 0 saturated carbocycles. The lowest BCUT2D eigenvalue weighted by Crippen LogP contribution is -2.24. The summed E-state index contributed by atoms with van der Waals surface area (Å²) in [6, 6.07) is -0.790. The lowest BCUT2D eigenvalue weighted by atomic mass is 10.2. The number of nitrogens with zero attached hydrogens (tertiary/aromatic N) is 2. The third-order valence-corrected chi connectivity index (χ3v) is 2.93. The van der Waals surface area contributed by atoms with Crippen LogP contribution in [0.4, 0.5) is 19.0 Å². The summed E-state index contributed by atoms with van der Waals surface area (Å²) in [5, 5.41) is 2.75. The molecule has 0 saturated heterocycles. The molecule has 0 aliphatic rings. The normalized spacial score (nSPS) is 13.6. The minimum Gasteiger partial charge on any atom is -0.366 e. The van der Waals surface area contributed by atoms with E-state index in [0.29, 0.717) is 4.47 Å². The van der Waals surface area contributed by atoms with Crippen molar-refractivity contribution >= 4 is 33.3 Å². The van der Waals surface area contributed by atoms with Gasteiger partial charge in [0, 0.05) is 6.04 Å². The van der Waals surface area contributed by atoms with Crippen LogP contribution in [0.25, 0.3) is 0 Å². The molecule has 0 bridgehead atoms. The van der Waals surface area contributed by atoms with Crippen molar-refractivity contribution in [3.8, 4) is 0 Å². The minimum atomic E-state index is -4.21. The zero-order valence-electron chi connectivity index (χ0n) is 8.15. The fourth-order valence-corrected chi connectivity index (χ4v) is 1.53. The van der Waals surface area contributed by atoms with Crippen LogP contribution in [0.15, 0.2) is 10.8 Å². The first-order valence-electron chi connectivity index (χ1n) is 4.29. The fraction of sp³-hybridized carbons (Fsp3) is 0.500.